The maximum absolute atomic E-state index is 13.9. The third kappa shape index (κ3) is 7.55. The lowest BCUT2D eigenvalue weighted by Crippen LogP contribution is -2.45. The highest BCUT2D eigenvalue weighted by Gasteiger charge is 2.37. The smallest absolute Gasteiger partial charge is 0.308 e. The van der Waals surface area contributed by atoms with Crippen LogP contribution in [-0.2, 0) is 25.4 Å². The second kappa shape index (κ2) is 11.6. The van der Waals surface area contributed by atoms with Gasteiger partial charge in [-0.05, 0) is 91.1 Å². The number of hydrogen-bond donors (Lipinski definition) is 0. The molecule has 3 heterocycles. The lowest BCUT2D eigenvalue weighted by atomic mass is 9.95. The number of carbonyl (C=O) groups excluding carboxylic acids is 1. The van der Waals surface area contributed by atoms with E-state index in [1.165, 1.54) is 12.1 Å². The maximum Gasteiger partial charge on any atom is 0.308 e. The summed E-state index contributed by atoms with van der Waals surface area (Å²) < 4.78 is 34.1. The van der Waals surface area contributed by atoms with Gasteiger partial charge in [0.25, 0.3) is 0 Å². The highest BCUT2D eigenvalue weighted by atomic mass is 19.1. The Morgan fingerprint density at radius 1 is 1.13 bits per heavy atom. The molecule has 0 unspecified atom stereocenters. The van der Waals surface area contributed by atoms with E-state index in [1.807, 2.05) is 65.0 Å². The van der Waals surface area contributed by atoms with Crippen molar-refractivity contribution in [1.29, 1.82) is 0 Å². The van der Waals surface area contributed by atoms with Gasteiger partial charge in [0.2, 0.25) is 0 Å². The van der Waals surface area contributed by atoms with E-state index >= 15 is 0 Å². The van der Waals surface area contributed by atoms with Gasteiger partial charge in [-0.3, -0.25) is 9.78 Å². The van der Waals surface area contributed by atoms with Crippen LogP contribution in [0.15, 0.2) is 54.9 Å². The number of pyridine rings is 1. The van der Waals surface area contributed by atoms with Crippen LogP contribution in [0.25, 0.3) is 22.4 Å². The number of ether oxygens (including phenoxy) is 3. The third-order valence-electron chi connectivity index (χ3n) is 6.71. The van der Waals surface area contributed by atoms with Gasteiger partial charge < -0.3 is 18.8 Å². The topological polar surface area (TPSA) is 62.6 Å². The number of hydrogen-bond acceptors (Lipinski definition) is 5. The van der Waals surface area contributed by atoms with Gasteiger partial charge >= 0.3 is 5.97 Å². The van der Waals surface area contributed by atoms with Crippen LogP contribution < -0.4 is 0 Å². The Labute approximate surface area is 231 Å². The molecule has 0 N–H and O–H groups in total. The number of aromatic nitrogens is 2. The first-order chi connectivity index (χ1) is 18.3. The van der Waals surface area contributed by atoms with Crippen molar-refractivity contribution in [3.8, 4) is 22.4 Å². The number of nitrogens with zero attached hydrogens (tertiary/aromatic N) is 2. The third-order valence-corrected chi connectivity index (χ3v) is 6.71. The Morgan fingerprint density at radius 2 is 1.82 bits per heavy atom. The molecule has 0 amide bonds. The predicted molar refractivity (Wildman–Crippen MR) is 151 cm³/mol. The summed E-state index contributed by atoms with van der Waals surface area (Å²) in [4.78, 5) is 17.2. The highest BCUT2D eigenvalue weighted by molar-refractivity contribution is 5.84. The van der Waals surface area contributed by atoms with Crippen LogP contribution in [-0.4, -0.2) is 39.1 Å². The summed E-state index contributed by atoms with van der Waals surface area (Å²) in [5, 5.41) is 0. The summed E-state index contributed by atoms with van der Waals surface area (Å²) in [5.41, 5.74) is 4.50. The fraction of sp³-hybridized carbons (Fsp3) is 0.500. The minimum Gasteiger partial charge on any atom is -0.460 e. The van der Waals surface area contributed by atoms with Crippen molar-refractivity contribution in [2.75, 3.05) is 0 Å². The summed E-state index contributed by atoms with van der Waals surface area (Å²) in [6.07, 6.45) is 5.82. The Hall–Kier alpha value is -3.03. The molecule has 1 fully saturated rings. The molecule has 0 spiro atoms. The number of benzene rings is 1. The summed E-state index contributed by atoms with van der Waals surface area (Å²) in [6.45, 7) is 13.7. The zero-order chi connectivity index (χ0) is 28.4. The van der Waals surface area contributed by atoms with Gasteiger partial charge in [-0.25, -0.2) is 4.39 Å². The van der Waals surface area contributed by atoms with Crippen molar-refractivity contribution >= 4 is 5.97 Å². The predicted octanol–water partition coefficient (Wildman–Crippen LogP) is 7.51. The molecule has 3 aromatic rings. The molecule has 2 atom stereocenters. The first kappa shape index (κ1) is 29.0. The molecule has 7 heteroatoms. The van der Waals surface area contributed by atoms with Crippen molar-refractivity contribution in [2.24, 2.45) is 0 Å². The maximum atomic E-state index is 13.9. The van der Waals surface area contributed by atoms with Crippen molar-refractivity contribution in [3.63, 3.8) is 0 Å². The molecular formula is C32H41FN2O4. The highest BCUT2D eigenvalue weighted by Crippen LogP contribution is 2.39. The molecule has 0 aliphatic carbocycles. The molecular weight excluding hydrogens is 495 g/mol. The minimum atomic E-state index is -0.811. The Bertz CT molecular complexity index is 1260. The molecule has 2 aromatic heterocycles. The van der Waals surface area contributed by atoms with Crippen LogP contribution in [0.3, 0.4) is 0 Å². The van der Waals surface area contributed by atoms with E-state index in [0.29, 0.717) is 6.42 Å². The zero-order valence-electron chi connectivity index (χ0n) is 24.2. The van der Waals surface area contributed by atoms with E-state index in [1.54, 1.807) is 6.20 Å². The Balaban J connectivity index is 1.63. The molecule has 4 rings (SSSR count). The van der Waals surface area contributed by atoms with E-state index < -0.39 is 11.4 Å². The number of carbonyl (C=O) groups is 1. The lowest BCUT2D eigenvalue weighted by molar-refractivity contribution is -0.300. The van der Waals surface area contributed by atoms with E-state index in [0.717, 1.165) is 40.9 Å². The van der Waals surface area contributed by atoms with Crippen molar-refractivity contribution in [3.05, 3.63) is 66.4 Å². The molecule has 0 radical (unpaired) electrons. The fourth-order valence-corrected chi connectivity index (χ4v) is 5.32. The number of rotatable bonds is 8. The van der Waals surface area contributed by atoms with E-state index in [2.05, 4.69) is 29.6 Å². The van der Waals surface area contributed by atoms with Crippen LogP contribution in [0.5, 0.6) is 0 Å². The van der Waals surface area contributed by atoms with Crippen molar-refractivity contribution in [1.82, 2.24) is 9.55 Å². The van der Waals surface area contributed by atoms with Crippen molar-refractivity contribution in [2.45, 2.75) is 104 Å². The minimum absolute atomic E-state index is 0.101. The standard InChI is InChI=1S/C32H41FN2O4/c1-21(2)35-20-26(27-10-8-9-17-34-27)30(22-11-13-23(33)14-12-22)28(35)16-15-24-18-25(38-32(6,7)37-24)19-29(36)39-31(3,4)5/h8-14,17,20-21,24-25H,15-16,18-19H2,1-7H3/t24-,25-/m1/s1. The monoisotopic (exact) mass is 536 g/mol. The number of halogens is 1. The van der Waals surface area contributed by atoms with Crippen LogP contribution >= 0.6 is 0 Å². The largest absolute Gasteiger partial charge is 0.460 e. The average molecular weight is 537 g/mol. The van der Waals surface area contributed by atoms with E-state index in [4.69, 9.17) is 14.2 Å². The molecule has 6 nitrogen and oxygen atoms in total. The molecule has 0 bridgehead atoms. The molecule has 210 valence electrons. The first-order valence-corrected chi connectivity index (χ1v) is 13.8. The molecule has 1 aromatic carbocycles. The second-order valence-corrected chi connectivity index (χ2v) is 12.0. The summed E-state index contributed by atoms with van der Waals surface area (Å²) in [5.74, 6) is -1.35. The van der Waals surface area contributed by atoms with Gasteiger partial charge in [0.15, 0.2) is 5.79 Å². The fourth-order valence-electron chi connectivity index (χ4n) is 5.32. The SMILES string of the molecule is CC(C)n1cc(-c2ccccn2)c(-c2ccc(F)cc2)c1CC[C@@H]1C[C@H](CC(=O)OC(C)(C)C)OC(C)(C)O1. The van der Waals surface area contributed by atoms with Crippen molar-refractivity contribution < 1.29 is 23.4 Å². The van der Waals surface area contributed by atoms with Gasteiger partial charge in [-0.15, -0.1) is 0 Å². The van der Waals surface area contributed by atoms with Gasteiger partial charge in [0, 0.05) is 41.7 Å². The average Bonchev–Trinajstić information content (AvgIpc) is 3.21. The summed E-state index contributed by atoms with van der Waals surface area (Å²) >= 11 is 0. The molecule has 1 aliphatic rings. The molecule has 0 saturated carbocycles. The van der Waals surface area contributed by atoms with Crippen LogP contribution in [0.1, 0.15) is 79.5 Å². The van der Waals surface area contributed by atoms with E-state index in [-0.39, 0.29) is 36.5 Å². The lowest BCUT2D eigenvalue weighted by Gasteiger charge is -2.41. The summed E-state index contributed by atoms with van der Waals surface area (Å²) in [6, 6.07) is 12.8. The first-order valence-electron chi connectivity index (χ1n) is 13.8. The Morgan fingerprint density at radius 3 is 2.44 bits per heavy atom. The van der Waals surface area contributed by atoms with Crippen LogP contribution in [0.2, 0.25) is 0 Å². The van der Waals surface area contributed by atoms with Crippen LogP contribution in [0.4, 0.5) is 4.39 Å². The normalized spacial score (nSPS) is 19.3. The molecule has 1 saturated heterocycles. The van der Waals surface area contributed by atoms with Gasteiger partial charge in [-0.1, -0.05) is 18.2 Å². The molecule has 39 heavy (non-hydrogen) atoms. The second-order valence-electron chi connectivity index (χ2n) is 12.0. The van der Waals surface area contributed by atoms with Gasteiger partial charge in [0.1, 0.15) is 11.4 Å². The number of esters is 1. The quantitative estimate of drug-likeness (QED) is 0.279. The van der Waals surface area contributed by atoms with Gasteiger partial charge in [-0.2, -0.15) is 0 Å². The van der Waals surface area contributed by atoms with E-state index in [9.17, 15) is 9.18 Å². The van der Waals surface area contributed by atoms with Gasteiger partial charge in [0.05, 0.1) is 24.3 Å². The summed E-state index contributed by atoms with van der Waals surface area (Å²) in [7, 11) is 0. The Kier molecular flexibility index (Phi) is 8.62. The molecule has 1 aliphatic heterocycles. The zero-order valence-corrected chi connectivity index (χ0v) is 24.2. The van der Waals surface area contributed by atoms with Crippen LogP contribution in [0, 0.1) is 5.82 Å².